The molecule has 0 saturated carbocycles. The van der Waals surface area contributed by atoms with Gasteiger partial charge in [-0.1, -0.05) is 45.4 Å². The predicted octanol–water partition coefficient (Wildman–Crippen LogP) is 3.14. The van der Waals surface area contributed by atoms with Crippen molar-refractivity contribution in [3.63, 3.8) is 0 Å². The minimum absolute atomic E-state index is 0.532. The highest BCUT2D eigenvalue weighted by atomic mass is 16.5. The highest BCUT2D eigenvalue weighted by molar-refractivity contribution is 6.27. The van der Waals surface area contributed by atoms with E-state index in [0.717, 1.165) is 31.9 Å². The number of rotatable bonds is 12. The van der Waals surface area contributed by atoms with Crippen LogP contribution in [0.5, 0.6) is 5.75 Å². The molecule has 1 unspecified atom stereocenters. The maximum atomic E-state index is 9.10. The Kier molecular flexibility index (Phi) is 14.8. The fourth-order valence-electron chi connectivity index (χ4n) is 2.12. The maximum absolute atomic E-state index is 9.10. The van der Waals surface area contributed by atoms with E-state index in [4.69, 9.17) is 29.3 Å². The van der Waals surface area contributed by atoms with Crippen molar-refractivity contribution in [3.05, 3.63) is 29.8 Å². The van der Waals surface area contributed by atoms with E-state index >= 15 is 0 Å². The summed E-state index contributed by atoms with van der Waals surface area (Å²) in [4.78, 5) is 18.2. The second kappa shape index (κ2) is 16.1. The molecule has 0 aliphatic heterocycles. The number of hydrogen-bond donors (Lipinski definition) is 3. The van der Waals surface area contributed by atoms with Crippen LogP contribution in [-0.4, -0.2) is 55.1 Å². The van der Waals surface area contributed by atoms with E-state index < -0.39 is 11.9 Å². The van der Waals surface area contributed by atoms with Gasteiger partial charge in [0.1, 0.15) is 12.4 Å². The van der Waals surface area contributed by atoms with Gasteiger partial charge in [-0.05, 0) is 36.9 Å². The smallest absolute Gasteiger partial charge is 0.414 e. The normalized spacial score (nSPS) is 11.2. The standard InChI is InChI=1S/C18H31NO2.C2H2O4/c1-4-6-11-19-12-13-20-14-15-21-18-10-8-7-9-17(18)16(3)5-2;3-1(4)2(5)6/h7-10,16,19H,4-6,11-15H2,1-3H3;(H,3,4)(H,5,6). The van der Waals surface area contributed by atoms with Crippen molar-refractivity contribution in [1.82, 2.24) is 5.32 Å². The summed E-state index contributed by atoms with van der Waals surface area (Å²) >= 11 is 0. The van der Waals surface area contributed by atoms with E-state index in [-0.39, 0.29) is 0 Å². The van der Waals surface area contributed by atoms with Gasteiger partial charge in [0.05, 0.1) is 13.2 Å². The van der Waals surface area contributed by atoms with Crippen molar-refractivity contribution in [2.75, 3.05) is 32.9 Å². The molecule has 0 aliphatic rings. The third-order valence-electron chi connectivity index (χ3n) is 3.86. The molecule has 0 heterocycles. The summed E-state index contributed by atoms with van der Waals surface area (Å²) in [5.74, 6) is -2.12. The molecular weight excluding hydrogens is 350 g/mol. The summed E-state index contributed by atoms with van der Waals surface area (Å²) in [6.07, 6.45) is 3.59. The average Bonchev–Trinajstić information content (AvgIpc) is 2.66. The lowest BCUT2D eigenvalue weighted by Gasteiger charge is -2.15. The molecule has 27 heavy (non-hydrogen) atoms. The number of ether oxygens (including phenoxy) is 2. The van der Waals surface area contributed by atoms with Gasteiger partial charge in [-0.25, -0.2) is 9.59 Å². The van der Waals surface area contributed by atoms with Gasteiger partial charge in [0.2, 0.25) is 0 Å². The molecule has 7 heteroatoms. The summed E-state index contributed by atoms with van der Waals surface area (Å²) < 4.78 is 11.4. The van der Waals surface area contributed by atoms with Crippen LogP contribution in [0.1, 0.15) is 51.5 Å². The van der Waals surface area contributed by atoms with Crippen LogP contribution >= 0.6 is 0 Å². The summed E-state index contributed by atoms with van der Waals surface area (Å²) in [7, 11) is 0. The topological polar surface area (TPSA) is 105 Å². The molecular formula is C20H33NO6. The second-order valence-corrected chi connectivity index (χ2v) is 6.02. The van der Waals surface area contributed by atoms with Gasteiger partial charge in [-0.15, -0.1) is 0 Å². The van der Waals surface area contributed by atoms with Crippen molar-refractivity contribution >= 4 is 11.9 Å². The zero-order chi connectivity index (χ0) is 20.5. The molecule has 0 fully saturated rings. The molecule has 154 valence electrons. The monoisotopic (exact) mass is 383 g/mol. The quantitative estimate of drug-likeness (QED) is 0.376. The Morgan fingerprint density at radius 2 is 1.70 bits per heavy atom. The van der Waals surface area contributed by atoms with Crippen LogP contribution in [0.2, 0.25) is 0 Å². The van der Waals surface area contributed by atoms with Crippen molar-refractivity contribution in [2.24, 2.45) is 0 Å². The number of para-hydroxylation sites is 1. The molecule has 0 spiro atoms. The average molecular weight is 383 g/mol. The molecule has 0 aromatic heterocycles. The van der Waals surface area contributed by atoms with Gasteiger partial charge in [0, 0.05) is 6.54 Å². The van der Waals surface area contributed by atoms with Crippen LogP contribution in [0.15, 0.2) is 24.3 Å². The van der Waals surface area contributed by atoms with Crippen LogP contribution in [0.25, 0.3) is 0 Å². The first-order chi connectivity index (χ1) is 12.9. The van der Waals surface area contributed by atoms with E-state index in [2.05, 4.69) is 38.2 Å². The fourth-order valence-corrected chi connectivity index (χ4v) is 2.12. The zero-order valence-electron chi connectivity index (χ0n) is 16.6. The Morgan fingerprint density at radius 1 is 1.04 bits per heavy atom. The first-order valence-corrected chi connectivity index (χ1v) is 9.40. The first-order valence-electron chi connectivity index (χ1n) is 9.40. The SMILES string of the molecule is CCCCNCCOCCOc1ccccc1C(C)CC.O=C(O)C(=O)O. The van der Waals surface area contributed by atoms with Gasteiger partial charge in [0.25, 0.3) is 0 Å². The lowest BCUT2D eigenvalue weighted by Crippen LogP contribution is -2.21. The van der Waals surface area contributed by atoms with Crippen LogP contribution in [-0.2, 0) is 14.3 Å². The highest BCUT2D eigenvalue weighted by Crippen LogP contribution is 2.28. The molecule has 1 aromatic rings. The van der Waals surface area contributed by atoms with Crippen LogP contribution in [0.4, 0.5) is 0 Å². The van der Waals surface area contributed by atoms with E-state index in [0.29, 0.717) is 19.1 Å². The number of carbonyl (C=O) groups is 2. The Labute approximate surface area is 161 Å². The largest absolute Gasteiger partial charge is 0.491 e. The molecule has 1 rings (SSSR count). The number of carboxylic acid groups (broad SMARTS) is 2. The molecule has 0 aliphatic carbocycles. The minimum atomic E-state index is -1.82. The van der Waals surface area contributed by atoms with Crippen LogP contribution in [0, 0.1) is 0 Å². The van der Waals surface area contributed by atoms with Crippen molar-refractivity contribution < 1.29 is 29.3 Å². The van der Waals surface area contributed by atoms with Gasteiger partial charge >= 0.3 is 11.9 Å². The zero-order valence-corrected chi connectivity index (χ0v) is 16.6. The number of hydrogen-bond acceptors (Lipinski definition) is 5. The van der Waals surface area contributed by atoms with E-state index in [9.17, 15) is 0 Å². The van der Waals surface area contributed by atoms with Gasteiger partial charge in [-0.3, -0.25) is 0 Å². The van der Waals surface area contributed by atoms with Gasteiger partial charge in [0.15, 0.2) is 0 Å². The number of nitrogens with one attached hydrogen (secondary N) is 1. The van der Waals surface area contributed by atoms with E-state index in [1.54, 1.807) is 0 Å². The summed E-state index contributed by atoms with van der Waals surface area (Å²) in [5, 5.41) is 18.1. The molecule has 7 nitrogen and oxygen atoms in total. The molecule has 0 radical (unpaired) electrons. The number of aliphatic carboxylic acids is 2. The highest BCUT2D eigenvalue weighted by Gasteiger charge is 2.09. The van der Waals surface area contributed by atoms with E-state index in [1.807, 2.05) is 12.1 Å². The van der Waals surface area contributed by atoms with Gasteiger partial charge < -0.3 is 25.0 Å². The van der Waals surface area contributed by atoms with Crippen molar-refractivity contribution in [2.45, 2.75) is 46.0 Å². The van der Waals surface area contributed by atoms with Crippen LogP contribution < -0.4 is 10.1 Å². The lowest BCUT2D eigenvalue weighted by molar-refractivity contribution is -0.159. The predicted molar refractivity (Wildman–Crippen MR) is 105 cm³/mol. The summed E-state index contributed by atoms with van der Waals surface area (Å²) in [6.45, 7) is 10.7. The van der Waals surface area contributed by atoms with Crippen molar-refractivity contribution in [1.29, 1.82) is 0 Å². The minimum Gasteiger partial charge on any atom is -0.491 e. The molecule has 3 N–H and O–H groups in total. The molecule has 0 amide bonds. The Hall–Kier alpha value is -2.12. The third-order valence-corrected chi connectivity index (χ3v) is 3.86. The Bertz CT molecular complexity index is 523. The second-order valence-electron chi connectivity index (χ2n) is 6.02. The molecule has 0 bridgehead atoms. The maximum Gasteiger partial charge on any atom is 0.414 e. The Morgan fingerprint density at radius 3 is 2.30 bits per heavy atom. The van der Waals surface area contributed by atoms with Crippen LogP contribution in [0.3, 0.4) is 0 Å². The fraction of sp³-hybridized carbons (Fsp3) is 0.600. The molecule has 1 aromatic carbocycles. The summed E-state index contributed by atoms with van der Waals surface area (Å²) in [5.41, 5.74) is 1.29. The van der Waals surface area contributed by atoms with Crippen molar-refractivity contribution in [3.8, 4) is 5.75 Å². The molecule has 0 saturated heterocycles. The number of unbranched alkanes of at least 4 members (excludes halogenated alkanes) is 1. The molecule has 1 atom stereocenters. The third kappa shape index (κ3) is 12.8. The number of carboxylic acids is 2. The number of benzene rings is 1. The first kappa shape index (κ1) is 24.9. The summed E-state index contributed by atoms with van der Waals surface area (Å²) in [6, 6.07) is 8.31. The Balaban J connectivity index is 0.000000972. The van der Waals surface area contributed by atoms with Gasteiger partial charge in [-0.2, -0.15) is 0 Å². The van der Waals surface area contributed by atoms with E-state index in [1.165, 1.54) is 18.4 Å². The lowest BCUT2D eigenvalue weighted by atomic mass is 9.98.